The maximum Gasteiger partial charge on any atom is 0.234 e. The van der Waals surface area contributed by atoms with Crippen LogP contribution in [-0.4, -0.2) is 27.7 Å². The standard InChI is InChI=1S/C23H26N4OS/c1-16(2)27(20-8-6-5-7-9-20)21-12-10-19(11-13-21)26-22(28)15-29-23-24-17(3)14-18(4)25-23/h5-14,16H,15H2,1-4H3,(H,26,28). The Morgan fingerprint density at radius 2 is 1.55 bits per heavy atom. The predicted octanol–water partition coefficient (Wildman–Crippen LogP) is 5.37. The van der Waals surface area contributed by atoms with Crippen molar-refractivity contribution in [1.29, 1.82) is 0 Å². The number of anilines is 3. The van der Waals surface area contributed by atoms with Crippen LogP contribution in [0.3, 0.4) is 0 Å². The number of nitrogens with one attached hydrogen (secondary N) is 1. The average Bonchev–Trinajstić information content (AvgIpc) is 2.68. The molecule has 0 fully saturated rings. The van der Waals surface area contributed by atoms with Crippen LogP contribution in [0.25, 0.3) is 0 Å². The van der Waals surface area contributed by atoms with E-state index in [1.807, 2.05) is 62.4 Å². The highest BCUT2D eigenvalue weighted by Crippen LogP contribution is 2.28. The number of hydrogen-bond acceptors (Lipinski definition) is 5. The van der Waals surface area contributed by atoms with Crippen molar-refractivity contribution in [2.45, 2.75) is 38.9 Å². The fourth-order valence-corrected chi connectivity index (χ4v) is 3.87. The zero-order valence-electron chi connectivity index (χ0n) is 17.2. The molecule has 3 aromatic rings. The van der Waals surface area contributed by atoms with Crippen molar-refractivity contribution in [3.05, 3.63) is 72.1 Å². The quantitative estimate of drug-likeness (QED) is 0.422. The Bertz CT molecular complexity index is 938. The normalized spacial score (nSPS) is 10.8. The number of carbonyl (C=O) groups excluding carboxylic acids is 1. The molecule has 0 atom stereocenters. The number of para-hydroxylation sites is 1. The summed E-state index contributed by atoms with van der Waals surface area (Å²) in [4.78, 5) is 23.3. The molecule has 0 saturated heterocycles. The lowest BCUT2D eigenvalue weighted by molar-refractivity contribution is -0.113. The van der Waals surface area contributed by atoms with E-state index in [9.17, 15) is 4.79 Å². The highest BCUT2D eigenvalue weighted by Gasteiger charge is 2.13. The molecule has 0 bridgehead atoms. The van der Waals surface area contributed by atoms with Crippen LogP contribution in [0.2, 0.25) is 0 Å². The van der Waals surface area contributed by atoms with Gasteiger partial charge in [-0.15, -0.1) is 0 Å². The number of hydrogen-bond donors (Lipinski definition) is 1. The number of aryl methyl sites for hydroxylation is 2. The summed E-state index contributed by atoms with van der Waals surface area (Å²) in [5.74, 6) is 0.196. The molecule has 0 aliphatic heterocycles. The van der Waals surface area contributed by atoms with Gasteiger partial charge in [0.25, 0.3) is 0 Å². The third-order valence-electron chi connectivity index (χ3n) is 4.27. The van der Waals surface area contributed by atoms with Gasteiger partial charge in [0, 0.05) is 34.5 Å². The van der Waals surface area contributed by atoms with Gasteiger partial charge in [0.05, 0.1) is 5.75 Å². The molecule has 0 aliphatic carbocycles. The summed E-state index contributed by atoms with van der Waals surface area (Å²) in [6, 6.07) is 20.4. The van der Waals surface area contributed by atoms with Crippen LogP contribution >= 0.6 is 11.8 Å². The summed E-state index contributed by atoms with van der Waals surface area (Å²) in [5.41, 5.74) is 4.82. The molecule has 3 rings (SSSR count). The van der Waals surface area contributed by atoms with Crippen LogP contribution in [0.15, 0.2) is 65.8 Å². The SMILES string of the molecule is Cc1cc(C)nc(SCC(=O)Nc2ccc(N(c3ccccc3)C(C)C)cc2)n1. The van der Waals surface area contributed by atoms with Crippen LogP contribution < -0.4 is 10.2 Å². The van der Waals surface area contributed by atoms with Gasteiger partial charge in [0.1, 0.15) is 0 Å². The Morgan fingerprint density at radius 3 is 2.14 bits per heavy atom. The Labute approximate surface area is 176 Å². The zero-order chi connectivity index (χ0) is 20.8. The second-order valence-corrected chi connectivity index (χ2v) is 8.06. The molecule has 0 saturated carbocycles. The monoisotopic (exact) mass is 406 g/mol. The third-order valence-corrected chi connectivity index (χ3v) is 5.12. The van der Waals surface area contributed by atoms with E-state index in [1.54, 1.807) is 0 Å². The van der Waals surface area contributed by atoms with Crippen molar-refractivity contribution >= 4 is 34.7 Å². The number of carbonyl (C=O) groups is 1. The first-order valence-corrected chi connectivity index (χ1v) is 10.6. The van der Waals surface area contributed by atoms with Crippen molar-refractivity contribution in [3.63, 3.8) is 0 Å². The minimum Gasteiger partial charge on any atom is -0.339 e. The van der Waals surface area contributed by atoms with Gasteiger partial charge in [-0.3, -0.25) is 4.79 Å². The molecule has 1 aromatic heterocycles. The van der Waals surface area contributed by atoms with E-state index < -0.39 is 0 Å². The molecule has 1 N–H and O–H groups in total. The minimum atomic E-state index is -0.0747. The van der Waals surface area contributed by atoms with E-state index in [0.717, 1.165) is 28.5 Å². The van der Waals surface area contributed by atoms with Crippen LogP contribution in [0.1, 0.15) is 25.2 Å². The molecule has 1 heterocycles. The van der Waals surface area contributed by atoms with Crippen molar-refractivity contribution in [1.82, 2.24) is 9.97 Å². The van der Waals surface area contributed by atoms with Gasteiger partial charge >= 0.3 is 0 Å². The first-order valence-electron chi connectivity index (χ1n) is 9.61. The van der Waals surface area contributed by atoms with Gasteiger partial charge in [0.2, 0.25) is 5.91 Å². The third kappa shape index (κ3) is 5.81. The molecule has 6 heteroatoms. The predicted molar refractivity (Wildman–Crippen MR) is 121 cm³/mol. The lowest BCUT2D eigenvalue weighted by Gasteiger charge is -2.29. The molecule has 0 spiro atoms. The first kappa shape index (κ1) is 20.9. The van der Waals surface area contributed by atoms with E-state index in [4.69, 9.17) is 0 Å². The molecule has 2 aromatic carbocycles. The number of amides is 1. The van der Waals surface area contributed by atoms with Gasteiger partial charge in [-0.05, 0) is 70.2 Å². The summed E-state index contributed by atoms with van der Waals surface area (Å²) < 4.78 is 0. The van der Waals surface area contributed by atoms with Crippen molar-refractivity contribution < 1.29 is 4.79 Å². The van der Waals surface area contributed by atoms with Gasteiger partial charge in [-0.25, -0.2) is 9.97 Å². The fraction of sp³-hybridized carbons (Fsp3) is 0.261. The molecule has 0 aliphatic rings. The van der Waals surface area contributed by atoms with Gasteiger partial charge in [0.15, 0.2) is 5.16 Å². The smallest absolute Gasteiger partial charge is 0.234 e. The maximum atomic E-state index is 12.3. The summed E-state index contributed by atoms with van der Waals surface area (Å²) in [6.07, 6.45) is 0. The van der Waals surface area contributed by atoms with Crippen LogP contribution in [0.4, 0.5) is 17.1 Å². The Balaban J connectivity index is 1.63. The van der Waals surface area contributed by atoms with Gasteiger partial charge in [-0.2, -0.15) is 0 Å². The number of rotatable bonds is 7. The summed E-state index contributed by atoms with van der Waals surface area (Å²) in [6.45, 7) is 8.18. The molecule has 29 heavy (non-hydrogen) atoms. The van der Waals surface area contributed by atoms with Gasteiger partial charge < -0.3 is 10.2 Å². The zero-order valence-corrected chi connectivity index (χ0v) is 18.0. The molecular formula is C23H26N4OS. The molecule has 0 radical (unpaired) electrons. The van der Waals surface area contributed by atoms with E-state index in [1.165, 1.54) is 11.8 Å². The largest absolute Gasteiger partial charge is 0.339 e. The molecule has 0 unspecified atom stereocenters. The van der Waals surface area contributed by atoms with E-state index in [0.29, 0.717) is 11.2 Å². The highest BCUT2D eigenvalue weighted by molar-refractivity contribution is 7.99. The summed E-state index contributed by atoms with van der Waals surface area (Å²) >= 11 is 1.34. The molecule has 5 nitrogen and oxygen atoms in total. The minimum absolute atomic E-state index is 0.0747. The number of thioether (sulfide) groups is 1. The fourth-order valence-electron chi connectivity index (χ4n) is 3.12. The average molecular weight is 407 g/mol. The summed E-state index contributed by atoms with van der Waals surface area (Å²) in [5, 5.41) is 3.57. The highest BCUT2D eigenvalue weighted by atomic mass is 32.2. The molecular weight excluding hydrogens is 380 g/mol. The van der Waals surface area contributed by atoms with Crippen molar-refractivity contribution in [2.24, 2.45) is 0 Å². The second kappa shape index (κ2) is 9.56. The summed E-state index contributed by atoms with van der Waals surface area (Å²) in [7, 11) is 0. The second-order valence-electron chi connectivity index (χ2n) is 7.12. The van der Waals surface area contributed by atoms with Crippen molar-refractivity contribution in [3.8, 4) is 0 Å². The van der Waals surface area contributed by atoms with Gasteiger partial charge in [-0.1, -0.05) is 30.0 Å². The Hall–Kier alpha value is -2.86. The van der Waals surface area contributed by atoms with E-state index in [2.05, 4.69) is 46.2 Å². The number of benzene rings is 2. The first-order chi connectivity index (χ1) is 13.9. The topological polar surface area (TPSA) is 58.1 Å². The lowest BCUT2D eigenvalue weighted by atomic mass is 10.2. The maximum absolute atomic E-state index is 12.3. The van der Waals surface area contributed by atoms with Crippen molar-refractivity contribution in [2.75, 3.05) is 16.0 Å². The number of aromatic nitrogens is 2. The molecule has 1 amide bonds. The lowest BCUT2D eigenvalue weighted by Crippen LogP contribution is -2.25. The Kier molecular flexibility index (Phi) is 6.88. The van der Waals surface area contributed by atoms with E-state index >= 15 is 0 Å². The number of nitrogens with zero attached hydrogens (tertiary/aromatic N) is 3. The Morgan fingerprint density at radius 1 is 0.966 bits per heavy atom. The van der Waals surface area contributed by atoms with Crippen LogP contribution in [-0.2, 0) is 4.79 Å². The van der Waals surface area contributed by atoms with Crippen LogP contribution in [0, 0.1) is 13.8 Å². The van der Waals surface area contributed by atoms with E-state index in [-0.39, 0.29) is 11.7 Å². The molecule has 150 valence electrons. The van der Waals surface area contributed by atoms with Crippen LogP contribution in [0.5, 0.6) is 0 Å².